The molecule has 0 fully saturated rings. The van der Waals surface area contributed by atoms with Crippen molar-refractivity contribution in [2.45, 2.75) is 24.5 Å². The van der Waals surface area contributed by atoms with Gasteiger partial charge in [0.1, 0.15) is 12.1 Å². The second-order valence-electron chi connectivity index (χ2n) is 6.62. The van der Waals surface area contributed by atoms with Crippen LogP contribution in [0, 0.1) is 6.92 Å². The predicted molar refractivity (Wildman–Crippen MR) is 114 cm³/mol. The molecule has 29 heavy (non-hydrogen) atoms. The van der Waals surface area contributed by atoms with Crippen molar-refractivity contribution in [3.63, 3.8) is 0 Å². The molecule has 0 bridgehead atoms. The molecule has 1 aliphatic heterocycles. The van der Waals surface area contributed by atoms with Gasteiger partial charge in [-0.25, -0.2) is 0 Å². The summed E-state index contributed by atoms with van der Waals surface area (Å²) >= 11 is 13.7. The molecule has 1 aromatic heterocycles. The Labute approximate surface area is 182 Å². The first kappa shape index (κ1) is 20.1. The van der Waals surface area contributed by atoms with E-state index in [1.807, 2.05) is 41.8 Å². The molecule has 1 amide bonds. The van der Waals surface area contributed by atoms with Gasteiger partial charge in [-0.15, -0.1) is 10.2 Å². The maximum absolute atomic E-state index is 12.6. The summed E-state index contributed by atoms with van der Waals surface area (Å²) in [6.07, 6.45) is 2.31. The van der Waals surface area contributed by atoms with Crippen LogP contribution in [0.5, 0.6) is 5.75 Å². The maximum Gasteiger partial charge on any atom is 0.230 e. The van der Waals surface area contributed by atoms with Crippen molar-refractivity contribution in [3.05, 3.63) is 63.9 Å². The molecule has 6 nitrogen and oxygen atoms in total. The Hall–Kier alpha value is -2.22. The van der Waals surface area contributed by atoms with Crippen LogP contribution in [0.3, 0.4) is 0 Å². The Kier molecular flexibility index (Phi) is 5.99. The van der Waals surface area contributed by atoms with Crippen molar-refractivity contribution in [3.8, 4) is 11.4 Å². The summed E-state index contributed by atoms with van der Waals surface area (Å²) in [5.41, 5.74) is 2.75. The second-order valence-corrected chi connectivity index (χ2v) is 8.38. The molecule has 0 aliphatic carbocycles. The Morgan fingerprint density at radius 1 is 1.31 bits per heavy atom. The number of carbonyl (C=O) groups is 1. The van der Waals surface area contributed by atoms with E-state index >= 15 is 0 Å². The molecular formula is C20H18Cl2N4O2S. The molecule has 2 heterocycles. The monoisotopic (exact) mass is 448 g/mol. The van der Waals surface area contributed by atoms with Crippen LogP contribution in [-0.4, -0.2) is 33.0 Å². The SMILES string of the molecule is Cc1ccc(-n2cnnc2SCC(=O)NC2CCOc3c(Cl)cccc32)cc1Cl. The quantitative estimate of drug-likeness (QED) is 0.576. The maximum atomic E-state index is 12.6. The first-order valence-electron chi connectivity index (χ1n) is 9.03. The molecule has 1 aliphatic rings. The molecule has 0 saturated heterocycles. The van der Waals surface area contributed by atoms with Crippen LogP contribution in [0.15, 0.2) is 47.9 Å². The van der Waals surface area contributed by atoms with Gasteiger partial charge in [-0.1, -0.05) is 53.2 Å². The Morgan fingerprint density at radius 2 is 2.17 bits per heavy atom. The number of nitrogens with zero attached hydrogens (tertiary/aromatic N) is 3. The molecule has 1 unspecified atom stereocenters. The zero-order chi connectivity index (χ0) is 20.4. The van der Waals surface area contributed by atoms with Gasteiger partial charge in [0.25, 0.3) is 0 Å². The van der Waals surface area contributed by atoms with E-state index < -0.39 is 0 Å². The van der Waals surface area contributed by atoms with Crippen molar-refractivity contribution in [2.24, 2.45) is 0 Å². The summed E-state index contributed by atoms with van der Waals surface area (Å²) in [5.74, 6) is 0.768. The molecule has 0 spiro atoms. The van der Waals surface area contributed by atoms with Crippen molar-refractivity contribution >= 4 is 40.9 Å². The zero-order valence-corrected chi connectivity index (χ0v) is 17.9. The average molecular weight is 449 g/mol. The third-order valence-corrected chi connectivity index (χ3v) is 6.29. The molecule has 3 aromatic rings. The Balaban J connectivity index is 1.42. The minimum absolute atomic E-state index is 0.0932. The van der Waals surface area contributed by atoms with Crippen LogP contribution >= 0.6 is 35.0 Å². The summed E-state index contributed by atoms with van der Waals surface area (Å²) in [4.78, 5) is 12.6. The van der Waals surface area contributed by atoms with Gasteiger partial charge in [0.15, 0.2) is 5.16 Å². The van der Waals surface area contributed by atoms with Gasteiger partial charge in [-0.3, -0.25) is 9.36 Å². The van der Waals surface area contributed by atoms with E-state index in [0.29, 0.717) is 34.0 Å². The number of hydrogen-bond acceptors (Lipinski definition) is 5. The molecule has 1 N–H and O–H groups in total. The highest BCUT2D eigenvalue weighted by molar-refractivity contribution is 7.99. The third-order valence-electron chi connectivity index (χ3n) is 4.64. The number of halogens is 2. The minimum atomic E-state index is -0.126. The van der Waals surface area contributed by atoms with Crippen LogP contribution in [0.2, 0.25) is 10.0 Å². The number of aromatic nitrogens is 3. The summed E-state index contributed by atoms with van der Waals surface area (Å²) in [6.45, 7) is 2.46. The van der Waals surface area contributed by atoms with Gasteiger partial charge in [-0.05, 0) is 30.7 Å². The lowest BCUT2D eigenvalue weighted by Crippen LogP contribution is -2.33. The fourth-order valence-electron chi connectivity index (χ4n) is 3.13. The molecule has 150 valence electrons. The van der Waals surface area contributed by atoms with Crippen molar-refractivity contribution in [1.82, 2.24) is 20.1 Å². The lowest BCUT2D eigenvalue weighted by Gasteiger charge is -2.27. The van der Waals surface area contributed by atoms with E-state index in [0.717, 1.165) is 16.8 Å². The van der Waals surface area contributed by atoms with E-state index in [1.165, 1.54) is 11.8 Å². The number of thioether (sulfide) groups is 1. The van der Waals surface area contributed by atoms with E-state index in [4.69, 9.17) is 27.9 Å². The second kappa shape index (κ2) is 8.65. The van der Waals surface area contributed by atoms with Gasteiger partial charge in [0.2, 0.25) is 5.91 Å². The van der Waals surface area contributed by atoms with Crippen molar-refractivity contribution < 1.29 is 9.53 Å². The van der Waals surface area contributed by atoms with Gasteiger partial charge in [-0.2, -0.15) is 0 Å². The largest absolute Gasteiger partial charge is 0.492 e. The van der Waals surface area contributed by atoms with Crippen molar-refractivity contribution in [2.75, 3.05) is 12.4 Å². The molecule has 0 radical (unpaired) electrons. The minimum Gasteiger partial charge on any atom is -0.492 e. The number of nitrogens with one attached hydrogen (secondary N) is 1. The van der Waals surface area contributed by atoms with Crippen LogP contribution < -0.4 is 10.1 Å². The Bertz CT molecular complexity index is 1060. The smallest absolute Gasteiger partial charge is 0.230 e. The Morgan fingerprint density at radius 3 is 3.00 bits per heavy atom. The van der Waals surface area contributed by atoms with Crippen LogP contribution in [0.1, 0.15) is 23.6 Å². The first-order chi connectivity index (χ1) is 14.0. The first-order valence-corrected chi connectivity index (χ1v) is 10.8. The number of fused-ring (bicyclic) bond motifs is 1. The highest BCUT2D eigenvalue weighted by atomic mass is 35.5. The fraction of sp³-hybridized carbons (Fsp3) is 0.250. The van der Waals surface area contributed by atoms with Crippen LogP contribution in [-0.2, 0) is 4.79 Å². The number of carbonyl (C=O) groups excluding carboxylic acids is 1. The number of benzene rings is 2. The lowest BCUT2D eigenvalue weighted by atomic mass is 10.0. The topological polar surface area (TPSA) is 69.0 Å². The molecule has 0 saturated carbocycles. The van der Waals surface area contributed by atoms with Crippen LogP contribution in [0.25, 0.3) is 5.69 Å². The normalized spacial score (nSPS) is 15.5. The van der Waals surface area contributed by atoms with Crippen LogP contribution in [0.4, 0.5) is 0 Å². The van der Waals surface area contributed by atoms with Gasteiger partial charge < -0.3 is 10.1 Å². The summed E-state index contributed by atoms with van der Waals surface area (Å²) < 4.78 is 7.46. The number of ether oxygens (including phenoxy) is 1. The van der Waals surface area contributed by atoms with E-state index in [9.17, 15) is 4.79 Å². The zero-order valence-electron chi connectivity index (χ0n) is 15.6. The average Bonchev–Trinajstić information content (AvgIpc) is 3.18. The van der Waals surface area contributed by atoms with Crippen molar-refractivity contribution in [1.29, 1.82) is 0 Å². The summed E-state index contributed by atoms with van der Waals surface area (Å²) in [5, 5.41) is 13.0. The fourth-order valence-corrected chi connectivity index (χ4v) is 4.29. The molecule has 9 heteroatoms. The number of para-hydroxylation sites is 1. The number of hydrogen-bond donors (Lipinski definition) is 1. The summed E-state index contributed by atoms with van der Waals surface area (Å²) in [7, 11) is 0. The molecular weight excluding hydrogens is 431 g/mol. The number of rotatable bonds is 5. The van der Waals surface area contributed by atoms with E-state index in [-0.39, 0.29) is 17.7 Å². The van der Waals surface area contributed by atoms with Gasteiger partial charge in [0, 0.05) is 17.0 Å². The summed E-state index contributed by atoms with van der Waals surface area (Å²) in [6, 6.07) is 11.2. The van der Waals surface area contributed by atoms with Gasteiger partial charge >= 0.3 is 0 Å². The highest BCUT2D eigenvalue weighted by Crippen LogP contribution is 2.37. The molecule has 1 atom stereocenters. The van der Waals surface area contributed by atoms with Gasteiger partial charge in [0.05, 0.1) is 29.1 Å². The van der Waals surface area contributed by atoms with E-state index in [2.05, 4.69) is 15.5 Å². The highest BCUT2D eigenvalue weighted by Gasteiger charge is 2.24. The van der Waals surface area contributed by atoms with E-state index in [1.54, 1.807) is 12.4 Å². The molecule has 4 rings (SSSR count). The number of aryl methyl sites for hydroxylation is 1. The predicted octanol–water partition coefficient (Wildman–Crippen LogP) is 4.61. The third kappa shape index (κ3) is 4.37. The number of amides is 1. The lowest BCUT2D eigenvalue weighted by molar-refractivity contribution is -0.119. The standard InChI is InChI=1S/C20H18Cl2N4O2S/c1-12-5-6-13(9-16(12)22)26-11-23-25-20(26)29-10-18(27)24-17-7-8-28-19-14(17)3-2-4-15(19)21/h2-6,9,11,17H,7-8,10H2,1H3,(H,24,27). The molecule has 2 aromatic carbocycles.